The van der Waals surface area contributed by atoms with E-state index in [0.717, 1.165) is 50.9 Å². The number of rotatable bonds is 8. The molecule has 2 amide bonds. The Morgan fingerprint density at radius 1 is 1.17 bits per heavy atom. The Balaban J connectivity index is 1.34. The van der Waals surface area contributed by atoms with E-state index in [1.165, 1.54) is 6.07 Å². The van der Waals surface area contributed by atoms with Crippen LogP contribution >= 0.6 is 0 Å². The number of carbonyl (C=O) groups excluding carboxylic acids is 2. The second-order valence-electron chi connectivity index (χ2n) is 9.10. The number of primary amides is 1. The summed E-state index contributed by atoms with van der Waals surface area (Å²) in [6, 6.07) is 6.92. The van der Waals surface area contributed by atoms with Gasteiger partial charge in [0.2, 0.25) is 11.8 Å². The highest BCUT2D eigenvalue weighted by atomic mass is 19.1. The van der Waals surface area contributed by atoms with Crippen molar-refractivity contribution in [1.29, 1.82) is 0 Å². The Kier molecular flexibility index (Phi) is 6.39. The van der Waals surface area contributed by atoms with Crippen molar-refractivity contribution >= 4 is 11.8 Å². The van der Waals surface area contributed by atoms with Gasteiger partial charge in [-0.3, -0.25) is 14.5 Å². The molecule has 1 aromatic rings. The Morgan fingerprint density at radius 3 is 2.50 bits per heavy atom. The summed E-state index contributed by atoms with van der Waals surface area (Å²) in [5, 5.41) is 0. The first kappa shape index (κ1) is 21.2. The maximum absolute atomic E-state index is 13.9. The quantitative estimate of drug-likeness (QED) is 0.659. The van der Waals surface area contributed by atoms with E-state index in [0.29, 0.717) is 38.4 Å². The van der Waals surface area contributed by atoms with E-state index < -0.39 is 11.3 Å². The number of nitrogens with zero attached hydrogens (tertiary/aromatic N) is 2. The van der Waals surface area contributed by atoms with Gasteiger partial charge in [0.1, 0.15) is 11.2 Å². The van der Waals surface area contributed by atoms with E-state index in [1.807, 2.05) is 17.0 Å². The Labute approximate surface area is 177 Å². The van der Waals surface area contributed by atoms with Crippen LogP contribution in [0.15, 0.2) is 24.3 Å². The highest BCUT2D eigenvalue weighted by molar-refractivity contribution is 6.07. The van der Waals surface area contributed by atoms with Crippen molar-refractivity contribution in [2.45, 2.75) is 51.2 Å². The summed E-state index contributed by atoms with van der Waals surface area (Å²) < 4.78 is 19.7. The van der Waals surface area contributed by atoms with Gasteiger partial charge < -0.3 is 15.4 Å². The number of ether oxygens (including phenoxy) is 1. The molecule has 1 atom stereocenters. The van der Waals surface area contributed by atoms with Crippen molar-refractivity contribution in [3.05, 3.63) is 35.6 Å². The number of nitrogens with two attached hydrogens (primary N) is 1. The van der Waals surface area contributed by atoms with Crippen molar-refractivity contribution in [1.82, 2.24) is 9.80 Å². The summed E-state index contributed by atoms with van der Waals surface area (Å²) >= 11 is 0. The van der Waals surface area contributed by atoms with Crippen LogP contribution in [-0.2, 0) is 20.9 Å². The van der Waals surface area contributed by atoms with E-state index in [9.17, 15) is 14.0 Å². The van der Waals surface area contributed by atoms with Crippen LogP contribution in [0.1, 0.15) is 44.1 Å². The maximum atomic E-state index is 13.9. The summed E-state index contributed by atoms with van der Waals surface area (Å²) in [6.07, 6.45) is 5.05. The van der Waals surface area contributed by atoms with Crippen molar-refractivity contribution in [3.63, 3.8) is 0 Å². The summed E-state index contributed by atoms with van der Waals surface area (Å²) in [6.45, 7) is 4.29. The number of carbonyl (C=O) groups is 2. The minimum Gasteiger partial charge on any atom is -0.376 e. The first-order chi connectivity index (χ1) is 14.5. The molecule has 164 valence electrons. The summed E-state index contributed by atoms with van der Waals surface area (Å²) in [4.78, 5) is 29.2. The van der Waals surface area contributed by atoms with Gasteiger partial charge in [0.05, 0.1) is 6.10 Å². The van der Waals surface area contributed by atoms with Gasteiger partial charge in [-0.1, -0.05) is 18.2 Å². The zero-order valence-corrected chi connectivity index (χ0v) is 17.5. The molecule has 0 radical (unpaired) electrons. The molecular formula is C23H32FN3O3. The molecule has 0 aromatic heterocycles. The Hall–Kier alpha value is -1.99. The molecular weight excluding hydrogens is 385 g/mol. The van der Waals surface area contributed by atoms with Gasteiger partial charge in [-0.25, -0.2) is 4.39 Å². The molecule has 2 N–H and O–H groups in total. The molecule has 2 heterocycles. The van der Waals surface area contributed by atoms with E-state index in [4.69, 9.17) is 10.5 Å². The second kappa shape index (κ2) is 9.02. The fourth-order valence-electron chi connectivity index (χ4n) is 4.77. The zero-order chi connectivity index (χ0) is 21.1. The van der Waals surface area contributed by atoms with Crippen molar-refractivity contribution in [3.8, 4) is 0 Å². The van der Waals surface area contributed by atoms with Crippen LogP contribution in [0.5, 0.6) is 0 Å². The van der Waals surface area contributed by atoms with Gasteiger partial charge in [0.25, 0.3) is 0 Å². The summed E-state index contributed by atoms with van der Waals surface area (Å²) in [5.41, 5.74) is 5.30. The van der Waals surface area contributed by atoms with Crippen LogP contribution in [0.2, 0.25) is 0 Å². The van der Waals surface area contributed by atoms with Crippen LogP contribution in [0, 0.1) is 17.2 Å². The summed E-state index contributed by atoms with van der Waals surface area (Å²) in [7, 11) is 0. The van der Waals surface area contributed by atoms with Gasteiger partial charge in [-0.2, -0.15) is 0 Å². The van der Waals surface area contributed by atoms with Crippen LogP contribution in [0.3, 0.4) is 0 Å². The molecule has 30 heavy (non-hydrogen) atoms. The van der Waals surface area contributed by atoms with Gasteiger partial charge in [-0.15, -0.1) is 0 Å². The third-order valence-electron chi connectivity index (χ3n) is 6.90. The largest absolute Gasteiger partial charge is 0.376 e. The Bertz CT molecular complexity index is 769. The zero-order valence-electron chi connectivity index (χ0n) is 17.5. The molecule has 0 bridgehead atoms. The number of piperidine rings is 1. The smallest absolute Gasteiger partial charge is 0.238 e. The molecule has 0 unspecified atom stereocenters. The number of likely N-dealkylation sites (tertiary alicyclic amines) is 1. The molecule has 6 nitrogen and oxygen atoms in total. The first-order valence-electron chi connectivity index (χ1n) is 11.1. The molecule has 1 aromatic carbocycles. The highest BCUT2D eigenvalue weighted by Gasteiger charge is 2.57. The molecule has 0 spiro atoms. The van der Waals surface area contributed by atoms with Crippen LogP contribution in [-0.4, -0.2) is 60.5 Å². The monoisotopic (exact) mass is 417 g/mol. The maximum Gasteiger partial charge on any atom is 0.238 e. The lowest BCUT2D eigenvalue weighted by Gasteiger charge is -2.36. The number of amides is 2. The molecule has 3 aliphatic rings. The highest BCUT2D eigenvalue weighted by Crippen LogP contribution is 2.47. The van der Waals surface area contributed by atoms with Gasteiger partial charge in [0, 0.05) is 31.8 Å². The lowest BCUT2D eigenvalue weighted by atomic mass is 9.94. The third-order valence-corrected chi connectivity index (χ3v) is 6.90. The van der Waals surface area contributed by atoms with Crippen molar-refractivity contribution < 1.29 is 18.7 Å². The molecule has 4 rings (SSSR count). The first-order valence-corrected chi connectivity index (χ1v) is 11.1. The predicted molar refractivity (Wildman–Crippen MR) is 111 cm³/mol. The average Bonchev–Trinajstić information content (AvgIpc) is 3.41. The van der Waals surface area contributed by atoms with Crippen LogP contribution in [0.25, 0.3) is 0 Å². The molecule has 1 aliphatic carbocycles. The fraction of sp³-hybridized carbons (Fsp3) is 0.652. The fourth-order valence-corrected chi connectivity index (χ4v) is 4.77. The standard InChI is InChI=1S/C23H32FN3O3/c24-20-6-2-1-4-18(20)15-26-11-7-17(8-12-26)14-27(16-19-5-3-13-30-19)22(29)23(9-10-23)21(25)28/h1-2,4,6,17,19H,3,5,7-16H2,(H2,25,28)/t19-/m0/s1. The lowest BCUT2D eigenvalue weighted by Crippen LogP contribution is -2.49. The number of benzene rings is 1. The van der Waals surface area contributed by atoms with Gasteiger partial charge in [-0.05, 0) is 63.6 Å². The lowest BCUT2D eigenvalue weighted by molar-refractivity contribution is -0.145. The van der Waals surface area contributed by atoms with Crippen LogP contribution in [0.4, 0.5) is 4.39 Å². The topological polar surface area (TPSA) is 75.9 Å². The molecule has 7 heteroatoms. The average molecular weight is 418 g/mol. The predicted octanol–water partition coefficient (Wildman–Crippen LogP) is 2.31. The molecule has 3 fully saturated rings. The number of hydrogen-bond donors (Lipinski definition) is 1. The SMILES string of the molecule is NC(=O)C1(C(=O)N(CC2CCN(Cc3ccccc3F)CC2)C[C@@H]2CCCO2)CC1. The second-order valence-corrected chi connectivity index (χ2v) is 9.10. The minimum absolute atomic E-state index is 0.0544. The van der Waals surface area contributed by atoms with Gasteiger partial charge >= 0.3 is 0 Å². The Morgan fingerprint density at radius 2 is 1.90 bits per heavy atom. The minimum atomic E-state index is -0.982. The van der Waals surface area contributed by atoms with E-state index in [1.54, 1.807) is 6.07 Å². The van der Waals surface area contributed by atoms with E-state index >= 15 is 0 Å². The van der Waals surface area contributed by atoms with E-state index in [-0.39, 0.29) is 17.8 Å². The normalized spacial score (nSPS) is 24.0. The third kappa shape index (κ3) is 4.67. The van der Waals surface area contributed by atoms with Crippen molar-refractivity contribution in [2.75, 3.05) is 32.8 Å². The molecule has 2 saturated heterocycles. The van der Waals surface area contributed by atoms with Crippen LogP contribution < -0.4 is 5.73 Å². The van der Waals surface area contributed by atoms with Crippen molar-refractivity contribution in [2.24, 2.45) is 17.1 Å². The molecule has 1 saturated carbocycles. The van der Waals surface area contributed by atoms with Gasteiger partial charge in [0.15, 0.2) is 0 Å². The van der Waals surface area contributed by atoms with E-state index in [2.05, 4.69) is 4.90 Å². The number of hydrogen-bond acceptors (Lipinski definition) is 4. The molecule has 2 aliphatic heterocycles. The summed E-state index contributed by atoms with van der Waals surface area (Å²) in [5.74, 6) is -0.395. The number of halogens is 1.